The summed E-state index contributed by atoms with van der Waals surface area (Å²) in [5.74, 6) is 0.384. The van der Waals surface area contributed by atoms with E-state index in [1.54, 1.807) is 12.0 Å². The van der Waals surface area contributed by atoms with Crippen LogP contribution in [0.1, 0.15) is 53.9 Å². The predicted octanol–water partition coefficient (Wildman–Crippen LogP) is 1.95. The van der Waals surface area contributed by atoms with Gasteiger partial charge in [0.15, 0.2) is 0 Å². The molecule has 1 heterocycles. The molecule has 5 heteroatoms. The van der Waals surface area contributed by atoms with Gasteiger partial charge >= 0.3 is 0 Å². The molecule has 0 aliphatic carbocycles. The normalized spacial score (nSPS) is 23.7. The lowest BCUT2D eigenvalue weighted by Gasteiger charge is -2.40. The quantitative estimate of drug-likeness (QED) is 0.781. The number of amides is 2. The van der Waals surface area contributed by atoms with Crippen LogP contribution in [0.5, 0.6) is 0 Å². The number of ether oxygens (including phenoxy) is 1. The van der Waals surface area contributed by atoms with Gasteiger partial charge in [0.1, 0.15) is 12.1 Å². The zero-order valence-electron chi connectivity index (χ0n) is 14.2. The zero-order chi connectivity index (χ0) is 16.2. The van der Waals surface area contributed by atoms with Crippen molar-refractivity contribution in [3.8, 4) is 0 Å². The van der Waals surface area contributed by atoms with Gasteiger partial charge in [-0.25, -0.2) is 0 Å². The summed E-state index contributed by atoms with van der Waals surface area (Å²) in [7, 11) is 1.67. The van der Waals surface area contributed by atoms with Crippen LogP contribution in [-0.2, 0) is 14.3 Å². The van der Waals surface area contributed by atoms with Crippen LogP contribution in [0, 0.1) is 5.92 Å². The van der Waals surface area contributed by atoms with Gasteiger partial charge in [-0.15, -0.1) is 0 Å². The Balaban J connectivity index is 2.83. The molecule has 21 heavy (non-hydrogen) atoms. The molecule has 0 spiro atoms. The Labute approximate surface area is 128 Å². The Hall–Kier alpha value is -1.10. The van der Waals surface area contributed by atoms with Gasteiger partial charge < -0.3 is 15.0 Å². The number of piperazine rings is 1. The molecule has 0 aromatic carbocycles. The van der Waals surface area contributed by atoms with E-state index in [0.29, 0.717) is 31.7 Å². The number of nitrogens with zero attached hydrogens (tertiary/aromatic N) is 1. The fraction of sp³-hybridized carbons (Fsp3) is 0.875. The van der Waals surface area contributed by atoms with E-state index in [4.69, 9.17) is 4.74 Å². The summed E-state index contributed by atoms with van der Waals surface area (Å²) in [5.41, 5.74) is -0.292. The lowest BCUT2D eigenvalue weighted by molar-refractivity contribution is -0.150. The number of hydrogen-bond donors (Lipinski definition) is 1. The molecule has 1 rings (SSSR count). The second-order valence-electron chi connectivity index (χ2n) is 6.86. The van der Waals surface area contributed by atoms with E-state index in [-0.39, 0.29) is 29.5 Å². The van der Waals surface area contributed by atoms with Gasteiger partial charge in [0.05, 0.1) is 5.60 Å². The van der Waals surface area contributed by atoms with E-state index in [1.807, 2.05) is 20.8 Å². The van der Waals surface area contributed by atoms with Gasteiger partial charge in [0.2, 0.25) is 11.8 Å². The molecule has 1 saturated heterocycles. The molecule has 1 fully saturated rings. The zero-order valence-corrected chi connectivity index (χ0v) is 14.2. The molecule has 1 N–H and O–H groups in total. The minimum absolute atomic E-state index is 0.0297. The lowest BCUT2D eigenvalue weighted by atomic mass is 9.96. The topological polar surface area (TPSA) is 58.6 Å². The lowest BCUT2D eigenvalue weighted by Crippen LogP contribution is -2.63. The van der Waals surface area contributed by atoms with E-state index >= 15 is 0 Å². The van der Waals surface area contributed by atoms with E-state index in [2.05, 4.69) is 19.2 Å². The molecule has 5 nitrogen and oxygen atoms in total. The molecular weight excluding hydrogens is 268 g/mol. The minimum Gasteiger partial charge on any atom is -0.379 e. The number of methoxy groups -OCH3 is 1. The van der Waals surface area contributed by atoms with Crippen LogP contribution < -0.4 is 5.32 Å². The van der Waals surface area contributed by atoms with Crippen molar-refractivity contribution in [2.75, 3.05) is 13.7 Å². The smallest absolute Gasteiger partial charge is 0.245 e. The summed E-state index contributed by atoms with van der Waals surface area (Å²) in [6.07, 6.45) is 2.04. The summed E-state index contributed by atoms with van der Waals surface area (Å²) in [6.45, 7) is 10.6. The second kappa shape index (κ2) is 7.25. The van der Waals surface area contributed by atoms with Crippen molar-refractivity contribution in [3.05, 3.63) is 0 Å². The summed E-state index contributed by atoms with van der Waals surface area (Å²) >= 11 is 0. The first-order chi connectivity index (χ1) is 9.71. The number of carbonyl (C=O) groups is 2. The van der Waals surface area contributed by atoms with Gasteiger partial charge in [-0.1, -0.05) is 20.8 Å². The van der Waals surface area contributed by atoms with Crippen LogP contribution in [0.25, 0.3) is 0 Å². The molecule has 0 aromatic heterocycles. The van der Waals surface area contributed by atoms with Gasteiger partial charge in [0, 0.05) is 13.7 Å². The van der Waals surface area contributed by atoms with Crippen molar-refractivity contribution in [3.63, 3.8) is 0 Å². The largest absolute Gasteiger partial charge is 0.379 e. The Bertz CT molecular complexity index is 380. The highest BCUT2D eigenvalue weighted by Crippen LogP contribution is 2.21. The summed E-state index contributed by atoms with van der Waals surface area (Å²) < 4.78 is 5.41. The maximum atomic E-state index is 12.7. The van der Waals surface area contributed by atoms with Crippen molar-refractivity contribution in [1.82, 2.24) is 10.2 Å². The molecule has 2 amide bonds. The van der Waals surface area contributed by atoms with Crippen molar-refractivity contribution in [2.45, 2.75) is 71.6 Å². The first kappa shape index (κ1) is 18.0. The highest BCUT2D eigenvalue weighted by molar-refractivity contribution is 5.96. The fourth-order valence-electron chi connectivity index (χ4n) is 2.62. The Morgan fingerprint density at radius 2 is 1.95 bits per heavy atom. The van der Waals surface area contributed by atoms with Crippen LogP contribution in [-0.4, -0.2) is 48.1 Å². The SMILES string of the molecule is CCC1C(=O)NC(CC(C)C)C(=O)N1CCC(C)(C)OC. The fourth-order valence-corrected chi connectivity index (χ4v) is 2.62. The third kappa shape index (κ3) is 4.70. The minimum atomic E-state index is -0.383. The molecule has 2 unspecified atom stereocenters. The molecule has 1 aliphatic rings. The molecule has 2 atom stereocenters. The average Bonchev–Trinajstić information content (AvgIpc) is 2.40. The van der Waals surface area contributed by atoms with E-state index < -0.39 is 0 Å². The highest BCUT2D eigenvalue weighted by atomic mass is 16.5. The van der Waals surface area contributed by atoms with Crippen LogP contribution >= 0.6 is 0 Å². The number of carbonyl (C=O) groups excluding carboxylic acids is 2. The Kier molecular flexibility index (Phi) is 6.20. The second-order valence-corrected chi connectivity index (χ2v) is 6.86. The first-order valence-electron chi connectivity index (χ1n) is 7.87. The predicted molar refractivity (Wildman–Crippen MR) is 82.9 cm³/mol. The maximum absolute atomic E-state index is 12.7. The third-order valence-corrected chi connectivity index (χ3v) is 4.18. The van der Waals surface area contributed by atoms with Crippen LogP contribution in [0.15, 0.2) is 0 Å². The molecule has 0 radical (unpaired) electrons. The van der Waals surface area contributed by atoms with Crippen molar-refractivity contribution < 1.29 is 14.3 Å². The monoisotopic (exact) mass is 298 g/mol. The Morgan fingerprint density at radius 1 is 1.33 bits per heavy atom. The first-order valence-corrected chi connectivity index (χ1v) is 7.87. The van der Waals surface area contributed by atoms with Crippen LogP contribution in [0.2, 0.25) is 0 Å². The van der Waals surface area contributed by atoms with Gasteiger partial charge in [-0.05, 0) is 39.0 Å². The van der Waals surface area contributed by atoms with Gasteiger partial charge in [-0.3, -0.25) is 9.59 Å². The standard InChI is InChI=1S/C16H30N2O3/c1-7-13-14(19)17-12(10-11(2)3)15(20)18(13)9-8-16(4,5)21-6/h11-13H,7-10H2,1-6H3,(H,17,19). The number of nitrogens with one attached hydrogen (secondary N) is 1. The van der Waals surface area contributed by atoms with E-state index in [9.17, 15) is 9.59 Å². The van der Waals surface area contributed by atoms with Gasteiger partial charge in [0.25, 0.3) is 0 Å². The molecule has 122 valence electrons. The average molecular weight is 298 g/mol. The summed E-state index contributed by atoms with van der Waals surface area (Å²) in [4.78, 5) is 26.6. The summed E-state index contributed by atoms with van der Waals surface area (Å²) in [5, 5.41) is 2.88. The van der Waals surface area contributed by atoms with Crippen LogP contribution in [0.3, 0.4) is 0 Å². The Morgan fingerprint density at radius 3 is 2.43 bits per heavy atom. The molecular formula is C16H30N2O3. The van der Waals surface area contributed by atoms with E-state index in [0.717, 1.165) is 0 Å². The molecule has 0 bridgehead atoms. The van der Waals surface area contributed by atoms with Crippen molar-refractivity contribution >= 4 is 11.8 Å². The number of rotatable bonds is 7. The highest BCUT2D eigenvalue weighted by Gasteiger charge is 2.39. The summed E-state index contributed by atoms with van der Waals surface area (Å²) in [6, 6.07) is -0.737. The third-order valence-electron chi connectivity index (χ3n) is 4.18. The van der Waals surface area contributed by atoms with Crippen LogP contribution in [0.4, 0.5) is 0 Å². The van der Waals surface area contributed by atoms with E-state index in [1.165, 1.54) is 0 Å². The van der Waals surface area contributed by atoms with Gasteiger partial charge in [-0.2, -0.15) is 0 Å². The van der Waals surface area contributed by atoms with Crippen molar-refractivity contribution in [1.29, 1.82) is 0 Å². The molecule has 0 aromatic rings. The maximum Gasteiger partial charge on any atom is 0.245 e. The molecule has 0 saturated carbocycles. The molecule has 1 aliphatic heterocycles. The number of hydrogen-bond acceptors (Lipinski definition) is 3. The van der Waals surface area contributed by atoms with Crippen molar-refractivity contribution in [2.24, 2.45) is 5.92 Å².